The molecule has 0 saturated heterocycles. The third kappa shape index (κ3) is 4.31. The van der Waals surface area contributed by atoms with Crippen molar-refractivity contribution < 1.29 is 19.9 Å². The molecular weight excluding hydrogens is 335 g/mol. The molecule has 3 rings (SSSR count). The Kier molecular flexibility index (Phi) is 6.05. The molecule has 2 heterocycles. The normalized spacial score (nSPS) is 13.2. The summed E-state index contributed by atoms with van der Waals surface area (Å²) in [5.41, 5.74) is 3.39. The second-order valence-corrected chi connectivity index (χ2v) is 6.29. The molecule has 0 unspecified atom stereocenters. The molecular formula is C17H23BN4O4. The van der Waals surface area contributed by atoms with E-state index in [0.717, 1.165) is 22.3 Å². The smallest absolute Gasteiger partial charge is 0.423 e. The molecule has 0 fully saturated rings. The van der Waals surface area contributed by atoms with Crippen LogP contribution in [0.4, 0.5) is 17.5 Å². The van der Waals surface area contributed by atoms with E-state index in [1.54, 1.807) is 6.20 Å². The lowest BCUT2D eigenvalue weighted by molar-refractivity contribution is 0.248. The number of anilines is 3. The van der Waals surface area contributed by atoms with E-state index < -0.39 is 7.12 Å². The van der Waals surface area contributed by atoms with E-state index in [-0.39, 0.29) is 19.3 Å². The summed E-state index contributed by atoms with van der Waals surface area (Å²) in [6.45, 7) is 2.35. The Balaban J connectivity index is 1.75. The number of aliphatic hydroxyl groups is 2. The zero-order valence-electron chi connectivity index (χ0n) is 14.6. The molecule has 0 bridgehead atoms. The van der Waals surface area contributed by atoms with Crippen molar-refractivity contribution in [3.63, 3.8) is 0 Å². The molecule has 0 aliphatic carbocycles. The first-order chi connectivity index (χ1) is 12.6. The van der Waals surface area contributed by atoms with E-state index in [9.17, 15) is 5.02 Å². The number of hydrogen-bond donors (Lipinski definition) is 5. The quantitative estimate of drug-likeness (QED) is 0.427. The lowest BCUT2D eigenvalue weighted by atomic mass is 9.79. The predicted molar refractivity (Wildman–Crippen MR) is 99.7 cm³/mol. The van der Waals surface area contributed by atoms with Crippen molar-refractivity contribution in [1.82, 2.24) is 9.97 Å². The molecule has 0 saturated carbocycles. The molecule has 9 heteroatoms. The van der Waals surface area contributed by atoms with E-state index in [2.05, 4.69) is 20.6 Å². The molecule has 2 aromatic rings. The summed E-state index contributed by atoms with van der Waals surface area (Å²) in [7, 11) is -0.861. The Morgan fingerprint density at radius 1 is 1.27 bits per heavy atom. The van der Waals surface area contributed by atoms with Gasteiger partial charge in [0.25, 0.3) is 0 Å². The first kappa shape index (κ1) is 18.6. The van der Waals surface area contributed by atoms with E-state index in [4.69, 9.17) is 14.9 Å². The fourth-order valence-electron chi connectivity index (χ4n) is 2.88. The average Bonchev–Trinajstić information content (AvgIpc) is 2.99. The van der Waals surface area contributed by atoms with Gasteiger partial charge < -0.3 is 30.5 Å². The van der Waals surface area contributed by atoms with Gasteiger partial charge in [-0.2, -0.15) is 4.98 Å². The van der Waals surface area contributed by atoms with Crippen molar-refractivity contribution in [2.45, 2.75) is 32.4 Å². The van der Waals surface area contributed by atoms with E-state index >= 15 is 0 Å². The summed E-state index contributed by atoms with van der Waals surface area (Å²) in [6.07, 6.45) is 2.77. The summed E-state index contributed by atoms with van der Waals surface area (Å²) >= 11 is 0. The lowest BCUT2D eigenvalue weighted by Gasteiger charge is -2.19. The van der Waals surface area contributed by atoms with Crippen molar-refractivity contribution in [3.05, 3.63) is 35.5 Å². The highest BCUT2D eigenvalue weighted by Crippen LogP contribution is 2.21. The van der Waals surface area contributed by atoms with Crippen LogP contribution < -0.4 is 16.1 Å². The van der Waals surface area contributed by atoms with Gasteiger partial charge in [0.2, 0.25) is 5.95 Å². The Hall–Kier alpha value is -2.20. The standard InChI is InChI=1S/C17H23BN4O4/c1-11-9-19-17(22-16(11)20-13(4-6-23)5-7-24)21-14-2-3-15-12(8-14)10-26-18(15)25/h2-3,8-9,13,23-25H,4-7,10H2,1H3,(H2,19,20,21,22). The Morgan fingerprint density at radius 2 is 2.04 bits per heavy atom. The number of nitrogens with zero attached hydrogens (tertiary/aromatic N) is 2. The molecule has 1 aromatic carbocycles. The minimum absolute atomic E-state index is 0.0377. The van der Waals surface area contributed by atoms with Crippen LogP contribution in [0.5, 0.6) is 0 Å². The number of rotatable bonds is 8. The van der Waals surface area contributed by atoms with Gasteiger partial charge in [0.1, 0.15) is 5.82 Å². The molecule has 26 heavy (non-hydrogen) atoms. The maximum Gasteiger partial charge on any atom is 0.491 e. The summed E-state index contributed by atoms with van der Waals surface area (Å²) in [6, 6.07) is 5.50. The van der Waals surface area contributed by atoms with Crippen molar-refractivity contribution in [3.8, 4) is 0 Å². The third-order valence-corrected chi connectivity index (χ3v) is 4.33. The molecule has 0 radical (unpaired) electrons. The Bertz CT molecular complexity index is 756. The summed E-state index contributed by atoms with van der Waals surface area (Å²) < 4.78 is 5.20. The SMILES string of the molecule is Cc1cnc(Nc2ccc3c(c2)COB3O)nc1NC(CCO)CCO. The molecule has 0 amide bonds. The molecule has 138 valence electrons. The largest absolute Gasteiger partial charge is 0.491 e. The van der Waals surface area contributed by atoms with Crippen LogP contribution in [-0.2, 0) is 11.3 Å². The zero-order chi connectivity index (χ0) is 18.5. The lowest BCUT2D eigenvalue weighted by Crippen LogP contribution is -2.27. The summed E-state index contributed by atoms with van der Waals surface area (Å²) in [5, 5.41) is 34.4. The van der Waals surface area contributed by atoms with Crippen molar-refractivity contribution in [2.24, 2.45) is 0 Å². The topological polar surface area (TPSA) is 120 Å². The van der Waals surface area contributed by atoms with Crippen LogP contribution in [0.3, 0.4) is 0 Å². The minimum atomic E-state index is -0.861. The number of aryl methyl sites for hydroxylation is 1. The summed E-state index contributed by atoms with van der Waals surface area (Å²) in [4.78, 5) is 8.80. The molecule has 8 nitrogen and oxygen atoms in total. The average molecular weight is 358 g/mol. The highest BCUT2D eigenvalue weighted by atomic mass is 16.5. The summed E-state index contributed by atoms with van der Waals surface area (Å²) in [5.74, 6) is 1.10. The maximum atomic E-state index is 9.69. The fraction of sp³-hybridized carbons (Fsp3) is 0.412. The van der Waals surface area contributed by atoms with Gasteiger partial charge in [-0.1, -0.05) is 6.07 Å². The molecule has 0 atom stereocenters. The van der Waals surface area contributed by atoms with Crippen LogP contribution in [0.1, 0.15) is 24.0 Å². The number of hydrogen-bond acceptors (Lipinski definition) is 8. The van der Waals surface area contributed by atoms with Gasteiger partial charge in [-0.25, -0.2) is 4.98 Å². The number of fused-ring (bicyclic) bond motifs is 1. The first-order valence-corrected chi connectivity index (χ1v) is 8.62. The minimum Gasteiger partial charge on any atom is -0.423 e. The second-order valence-electron chi connectivity index (χ2n) is 6.29. The van der Waals surface area contributed by atoms with E-state index in [1.165, 1.54) is 0 Å². The number of nitrogens with one attached hydrogen (secondary N) is 2. The van der Waals surface area contributed by atoms with Crippen LogP contribution in [0.25, 0.3) is 0 Å². The van der Waals surface area contributed by atoms with Gasteiger partial charge in [0, 0.05) is 36.7 Å². The van der Waals surface area contributed by atoms with E-state index in [1.807, 2.05) is 25.1 Å². The van der Waals surface area contributed by atoms with Crippen LogP contribution in [0, 0.1) is 6.92 Å². The third-order valence-electron chi connectivity index (χ3n) is 4.33. The molecule has 1 aromatic heterocycles. The highest BCUT2D eigenvalue weighted by molar-refractivity contribution is 6.61. The maximum absolute atomic E-state index is 9.69. The number of aromatic nitrogens is 2. The molecule has 1 aliphatic heterocycles. The van der Waals surface area contributed by atoms with Crippen LogP contribution >= 0.6 is 0 Å². The van der Waals surface area contributed by atoms with Gasteiger partial charge in [-0.05, 0) is 42.9 Å². The molecule has 0 spiro atoms. The first-order valence-electron chi connectivity index (χ1n) is 8.62. The van der Waals surface area contributed by atoms with E-state index in [0.29, 0.717) is 31.2 Å². The van der Waals surface area contributed by atoms with Crippen LogP contribution in [0.2, 0.25) is 0 Å². The van der Waals surface area contributed by atoms with Gasteiger partial charge in [0.05, 0.1) is 6.61 Å². The van der Waals surface area contributed by atoms with Gasteiger partial charge in [0.15, 0.2) is 0 Å². The Labute approximate surface area is 152 Å². The second kappa shape index (κ2) is 8.46. The van der Waals surface area contributed by atoms with Crippen LogP contribution in [0.15, 0.2) is 24.4 Å². The van der Waals surface area contributed by atoms with Crippen molar-refractivity contribution in [2.75, 3.05) is 23.8 Å². The van der Waals surface area contributed by atoms with Gasteiger partial charge in [-0.3, -0.25) is 0 Å². The Morgan fingerprint density at radius 3 is 2.77 bits per heavy atom. The van der Waals surface area contributed by atoms with Gasteiger partial charge >= 0.3 is 7.12 Å². The van der Waals surface area contributed by atoms with Gasteiger partial charge in [-0.15, -0.1) is 0 Å². The molecule has 5 N–H and O–H groups in total. The van der Waals surface area contributed by atoms with Crippen molar-refractivity contribution in [1.29, 1.82) is 0 Å². The monoisotopic (exact) mass is 358 g/mol. The zero-order valence-corrected chi connectivity index (χ0v) is 14.6. The number of aliphatic hydroxyl groups excluding tert-OH is 2. The predicted octanol–water partition coefficient (Wildman–Crippen LogP) is 0.292. The van der Waals surface area contributed by atoms with Crippen LogP contribution in [-0.4, -0.2) is 51.6 Å². The highest BCUT2D eigenvalue weighted by Gasteiger charge is 2.27. The molecule has 1 aliphatic rings. The van der Waals surface area contributed by atoms with Crippen molar-refractivity contribution >= 4 is 30.0 Å². The fourth-order valence-corrected chi connectivity index (χ4v) is 2.88. The number of benzene rings is 1.